The van der Waals surface area contributed by atoms with Gasteiger partial charge in [-0.1, -0.05) is 44.8 Å². The molecule has 17 heavy (non-hydrogen) atoms. The Kier molecular flexibility index (Phi) is 16.3. The standard InChI is InChI=1S/C13H25NO2.Na/c1-3-4-5-6-7-8-9-10-11-16-13(15)12(2)14;/h9-10,12H,3-8,11,14H2,1-2H3;. The van der Waals surface area contributed by atoms with Crippen LogP contribution in [0, 0.1) is 0 Å². The largest absolute Gasteiger partial charge is 0.460 e. The van der Waals surface area contributed by atoms with E-state index in [1.165, 1.54) is 32.1 Å². The normalized spacial score (nSPS) is 12.2. The summed E-state index contributed by atoms with van der Waals surface area (Å²) < 4.78 is 4.90. The zero-order chi connectivity index (χ0) is 12.2. The number of carbonyl (C=O) groups is 1. The molecule has 0 aromatic carbocycles. The summed E-state index contributed by atoms with van der Waals surface area (Å²) in [6.45, 7) is 4.18. The van der Waals surface area contributed by atoms with E-state index in [1.54, 1.807) is 6.92 Å². The van der Waals surface area contributed by atoms with Gasteiger partial charge >= 0.3 is 5.97 Å². The van der Waals surface area contributed by atoms with Crippen LogP contribution in [-0.4, -0.2) is 48.2 Å². The minimum Gasteiger partial charge on any atom is -0.460 e. The fourth-order valence-corrected chi connectivity index (χ4v) is 1.31. The first kappa shape index (κ1) is 19.5. The van der Waals surface area contributed by atoms with Crippen LogP contribution in [0.1, 0.15) is 52.4 Å². The molecule has 0 spiro atoms. The van der Waals surface area contributed by atoms with Gasteiger partial charge in [0.2, 0.25) is 0 Å². The quantitative estimate of drug-likeness (QED) is 0.296. The van der Waals surface area contributed by atoms with Crippen LogP contribution >= 0.6 is 0 Å². The molecule has 0 aromatic heterocycles. The number of carbonyl (C=O) groups excluding carboxylic acids is 1. The van der Waals surface area contributed by atoms with Crippen LogP contribution < -0.4 is 5.73 Å². The van der Waals surface area contributed by atoms with Crippen molar-refractivity contribution in [1.82, 2.24) is 0 Å². The van der Waals surface area contributed by atoms with Crippen molar-refractivity contribution in [3.05, 3.63) is 12.2 Å². The molecule has 0 aliphatic heterocycles. The minimum absolute atomic E-state index is 0. The van der Waals surface area contributed by atoms with E-state index in [0.29, 0.717) is 6.61 Å². The number of unbranched alkanes of at least 4 members (excludes halogenated alkanes) is 5. The molecule has 0 aromatic rings. The summed E-state index contributed by atoms with van der Waals surface area (Å²) in [5.74, 6) is -0.340. The molecule has 0 fully saturated rings. The molecule has 0 rings (SSSR count). The third kappa shape index (κ3) is 14.1. The number of allylic oxidation sites excluding steroid dienone is 1. The second kappa shape index (κ2) is 14.2. The van der Waals surface area contributed by atoms with E-state index in [-0.39, 0.29) is 35.5 Å². The second-order valence-corrected chi connectivity index (χ2v) is 4.09. The molecule has 4 heteroatoms. The van der Waals surface area contributed by atoms with Gasteiger partial charge in [0.15, 0.2) is 0 Å². The summed E-state index contributed by atoms with van der Waals surface area (Å²) >= 11 is 0. The maximum Gasteiger partial charge on any atom is 0.322 e. The fourth-order valence-electron chi connectivity index (χ4n) is 1.31. The van der Waals surface area contributed by atoms with Crippen LogP contribution in [0.25, 0.3) is 0 Å². The van der Waals surface area contributed by atoms with Crippen molar-refractivity contribution in [3.63, 3.8) is 0 Å². The van der Waals surface area contributed by atoms with Gasteiger partial charge in [0.25, 0.3) is 0 Å². The minimum atomic E-state index is -0.526. The Morgan fingerprint density at radius 2 is 1.88 bits per heavy atom. The number of rotatable bonds is 9. The predicted octanol–water partition coefficient (Wildman–Crippen LogP) is 2.41. The van der Waals surface area contributed by atoms with Gasteiger partial charge in [0.1, 0.15) is 12.6 Å². The van der Waals surface area contributed by atoms with Crippen molar-refractivity contribution in [3.8, 4) is 0 Å². The van der Waals surface area contributed by atoms with Gasteiger partial charge in [-0.05, 0) is 19.8 Å². The molecule has 2 N–H and O–H groups in total. The van der Waals surface area contributed by atoms with Crippen molar-refractivity contribution >= 4 is 35.5 Å². The molecule has 0 bridgehead atoms. The summed E-state index contributed by atoms with van der Waals surface area (Å²) in [5, 5.41) is 0. The van der Waals surface area contributed by atoms with Crippen LogP contribution in [0.5, 0.6) is 0 Å². The molecule has 1 radical (unpaired) electrons. The first-order valence-corrected chi connectivity index (χ1v) is 6.25. The van der Waals surface area contributed by atoms with Gasteiger partial charge in [-0.3, -0.25) is 4.79 Å². The number of hydrogen-bond acceptors (Lipinski definition) is 3. The molecule has 0 heterocycles. The van der Waals surface area contributed by atoms with Crippen LogP contribution in [0.4, 0.5) is 0 Å². The summed E-state index contributed by atoms with van der Waals surface area (Å²) in [7, 11) is 0. The van der Waals surface area contributed by atoms with Gasteiger partial charge in [-0.2, -0.15) is 0 Å². The Hall–Kier alpha value is 0.170. The van der Waals surface area contributed by atoms with Crippen molar-refractivity contribution < 1.29 is 9.53 Å². The molecule has 0 saturated heterocycles. The average Bonchev–Trinajstić information content (AvgIpc) is 2.26. The van der Waals surface area contributed by atoms with Crippen LogP contribution in [0.2, 0.25) is 0 Å². The maximum atomic E-state index is 11.0. The van der Waals surface area contributed by atoms with Crippen molar-refractivity contribution in [2.75, 3.05) is 6.61 Å². The third-order valence-electron chi connectivity index (χ3n) is 2.33. The van der Waals surface area contributed by atoms with E-state index < -0.39 is 6.04 Å². The van der Waals surface area contributed by atoms with Crippen molar-refractivity contribution in [2.24, 2.45) is 5.73 Å². The molecular weight excluding hydrogens is 225 g/mol. The Morgan fingerprint density at radius 1 is 1.24 bits per heavy atom. The molecule has 0 amide bonds. The molecule has 0 aliphatic rings. The summed E-state index contributed by atoms with van der Waals surface area (Å²) in [6.07, 6.45) is 11.5. The van der Waals surface area contributed by atoms with E-state index >= 15 is 0 Å². The summed E-state index contributed by atoms with van der Waals surface area (Å²) in [5.41, 5.74) is 5.35. The Balaban J connectivity index is 0. The average molecular weight is 250 g/mol. The predicted molar refractivity (Wildman–Crippen MR) is 72.9 cm³/mol. The Labute approximate surface area is 127 Å². The molecule has 1 atom stereocenters. The van der Waals surface area contributed by atoms with Gasteiger partial charge in [-0.15, -0.1) is 0 Å². The smallest absolute Gasteiger partial charge is 0.322 e. The van der Waals surface area contributed by atoms with Gasteiger partial charge in [0, 0.05) is 29.6 Å². The third-order valence-corrected chi connectivity index (χ3v) is 2.33. The topological polar surface area (TPSA) is 52.3 Å². The second-order valence-electron chi connectivity index (χ2n) is 4.09. The number of ether oxygens (including phenoxy) is 1. The molecule has 3 nitrogen and oxygen atoms in total. The van der Waals surface area contributed by atoms with Crippen LogP contribution in [-0.2, 0) is 9.53 Å². The molecule has 0 aliphatic carbocycles. The van der Waals surface area contributed by atoms with E-state index in [2.05, 4.69) is 13.0 Å². The number of nitrogens with two attached hydrogens (primary N) is 1. The molecule has 0 saturated carbocycles. The zero-order valence-electron chi connectivity index (χ0n) is 11.6. The van der Waals surface area contributed by atoms with Gasteiger partial charge in [-0.25, -0.2) is 0 Å². The van der Waals surface area contributed by atoms with Gasteiger partial charge in [0.05, 0.1) is 0 Å². The number of esters is 1. The summed E-state index contributed by atoms with van der Waals surface area (Å²) in [4.78, 5) is 11.0. The zero-order valence-corrected chi connectivity index (χ0v) is 13.6. The maximum absolute atomic E-state index is 11.0. The van der Waals surface area contributed by atoms with E-state index in [0.717, 1.165) is 6.42 Å². The van der Waals surface area contributed by atoms with E-state index in [9.17, 15) is 4.79 Å². The van der Waals surface area contributed by atoms with Crippen molar-refractivity contribution in [1.29, 1.82) is 0 Å². The van der Waals surface area contributed by atoms with Crippen LogP contribution in [0.15, 0.2) is 12.2 Å². The molecular formula is C13H25NNaO2. The van der Waals surface area contributed by atoms with E-state index in [1.807, 2.05) is 6.08 Å². The van der Waals surface area contributed by atoms with Crippen molar-refractivity contribution in [2.45, 2.75) is 58.4 Å². The summed E-state index contributed by atoms with van der Waals surface area (Å²) in [6, 6.07) is -0.526. The first-order valence-electron chi connectivity index (χ1n) is 6.25. The molecule has 1 unspecified atom stereocenters. The molecule has 95 valence electrons. The fraction of sp³-hybridized carbons (Fsp3) is 0.769. The van der Waals surface area contributed by atoms with E-state index in [4.69, 9.17) is 10.5 Å². The van der Waals surface area contributed by atoms with Gasteiger partial charge < -0.3 is 10.5 Å². The monoisotopic (exact) mass is 250 g/mol. The number of hydrogen-bond donors (Lipinski definition) is 1. The first-order chi connectivity index (χ1) is 7.68. The van der Waals surface area contributed by atoms with Crippen LogP contribution in [0.3, 0.4) is 0 Å². The SMILES string of the molecule is CCCCCCCC=CCOC(=O)C(C)N.[Na]. The Bertz CT molecular complexity index is 206. The Morgan fingerprint density at radius 3 is 2.47 bits per heavy atom.